The zero-order valence-corrected chi connectivity index (χ0v) is 18.6. The summed E-state index contributed by atoms with van der Waals surface area (Å²) in [6.07, 6.45) is 5.65. The van der Waals surface area contributed by atoms with Gasteiger partial charge in [0.05, 0.1) is 32.0 Å². The number of aliphatic hydroxyl groups is 2. The number of ether oxygens (including phenoxy) is 3. The number of anilines is 1. The highest BCUT2D eigenvalue weighted by atomic mass is 16.7. The second-order valence-electron chi connectivity index (χ2n) is 7.74. The van der Waals surface area contributed by atoms with Crippen LogP contribution in [0.3, 0.4) is 0 Å². The van der Waals surface area contributed by atoms with Gasteiger partial charge in [0.25, 0.3) is 5.70 Å². The highest BCUT2D eigenvalue weighted by Gasteiger charge is 2.33. The molecule has 2 heterocycles. The Labute approximate surface area is 193 Å². The third-order valence-electron chi connectivity index (χ3n) is 5.30. The van der Waals surface area contributed by atoms with Gasteiger partial charge in [-0.15, -0.1) is 0 Å². The number of benzene rings is 1. The SMILES string of the molecule is [C-]#[N+]/C(C#N)=C1/C=C(C)OC(/C=C/c2ccc(N(C)CCO[C@H]3CC(O)[C@@H](CO)O3)cc2)=C1. The highest BCUT2D eigenvalue weighted by Crippen LogP contribution is 2.24. The maximum atomic E-state index is 9.75. The van der Waals surface area contributed by atoms with Crippen molar-refractivity contribution in [2.45, 2.75) is 31.8 Å². The zero-order chi connectivity index (χ0) is 23.8. The van der Waals surface area contributed by atoms with Crippen LogP contribution >= 0.6 is 0 Å². The fourth-order valence-electron chi connectivity index (χ4n) is 3.46. The van der Waals surface area contributed by atoms with Crippen molar-refractivity contribution in [1.82, 2.24) is 0 Å². The Hall–Kier alpha value is -3.40. The lowest BCUT2D eigenvalue weighted by atomic mass is 10.1. The first-order valence-corrected chi connectivity index (χ1v) is 10.6. The van der Waals surface area contributed by atoms with Gasteiger partial charge in [-0.1, -0.05) is 18.2 Å². The molecule has 3 rings (SSSR count). The fraction of sp³-hybridized carbons (Fsp3) is 0.360. The summed E-state index contributed by atoms with van der Waals surface area (Å²) in [5.41, 5.74) is 2.56. The Morgan fingerprint density at radius 1 is 1.33 bits per heavy atom. The number of hydrogen-bond donors (Lipinski definition) is 2. The Balaban J connectivity index is 1.54. The van der Waals surface area contributed by atoms with Gasteiger partial charge in [-0.05, 0) is 48.4 Å². The van der Waals surface area contributed by atoms with Gasteiger partial charge in [0, 0.05) is 25.7 Å². The van der Waals surface area contributed by atoms with Crippen molar-refractivity contribution in [3.05, 3.63) is 82.3 Å². The Morgan fingerprint density at radius 3 is 2.73 bits per heavy atom. The maximum absolute atomic E-state index is 9.75. The molecule has 8 heteroatoms. The Morgan fingerprint density at radius 2 is 2.09 bits per heavy atom. The van der Waals surface area contributed by atoms with Gasteiger partial charge >= 0.3 is 0 Å². The highest BCUT2D eigenvalue weighted by molar-refractivity contribution is 5.59. The van der Waals surface area contributed by atoms with E-state index in [1.807, 2.05) is 48.4 Å². The lowest BCUT2D eigenvalue weighted by Crippen LogP contribution is -2.26. The second-order valence-corrected chi connectivity index (χ2v) is 7.74. The van der Waals surface area contributed by atoms with Crippen molar-refractivity contribution in [2.24, 2.45) is 0 Å². The van der Waals surface area contributed by atoms with Gasteiger partial charge < -0.3 is 29.3 Å². The monoisotopic (exact) mass is 449 g/mol. The number of nitriles is 1. The lowest BCUT2D eigenvalue weighted by molar-refractivity contribution is -0.141. The number of rotatable bonds is 8. The van der Waals surface area contributed by atoms with Crippen LogP contribution < -0.4 is 4.90 Å². The summed E-state index contributed by atoms with van der Waals surface area (Å²) in [6.45, 7) is 9.74. The summed E-state index contributed by atoms with van der Waals surface area (Å²) in [5, 5.41) is 28.0. The molecule has 8 nitrogen and oxygen atoms in total. The largest absolute Gasteiger partial charge is 0.462 e. The van der Waals surface area contributed by atoms with E-state index in [0.29, 0.717) is 36.7 Å². The van der Waals surface area contributed by atoms with Crippen LogP contribution in [-0.2, 0) is 14.2 Å². The molecule has 33 heavy (non-hydrogen) atoms. The molecule has 1 aromatic rings. The molecule has 3 atom stereocenters. The predicted octanol–water partition coefficient (Wildman–Crippen LogP) is 3.14. The molecule has 2 N–H and O–H groups in total. The minimum Gasteiger partial charge on any atom is -0.462 e. The number of likely N-dealkylation sites (N-methyl/N-ethyl adjacent to an activating group) is 1. The van der Waals surface area contributed by atoms with Crippen LogP contribution in [0, 0.1) is 17.9 Å². The summed E-state index contributed by atoms with van der Waals surface area (Å²) < 4.78 is 16.8. The summed E-state index contributed by atoms with van der Waals surface area (Å²) in [7, 11) is 1.96. The van der Waals surface area contributed by atoms with Crippen LogP contribution in [0.25, 0.3) is 10.9 Å². The van der Waals surface area contributed by atoms with Gasteiger partial charge in [0.1, 0.15) is 17.6 Å². The zero-order valence-electron chi connectivity index (χ0n) is 18.6. The van der Waals surface area contributed by atoms with Crippen LogP contribution in [-0.4, -0.2) is 55.5 Å². The van der Waals surface area contributed by atoms with E-state index in [9.17, 15) is 5.11 Å². The summed E-state index contributed by atoms with van der Waals surface area (Å²) in [5.74, 6) is 1.18. The van der Waals surface area contributed by atoms with E-state index in [0.717, 1.165) is 11.3 Å². The van der Waals surface area contributed by atoms with Crippen LogP contribution in [0.4, 0.5) is 5.69 Å². The standard InChI is InChI=1S/C25H27N3O5/c1-17-12-19(22(15-26)27-2)13-21(32-17)9-6-18-4-7-20(8-5-18)28(3)10-11-31-25-14-23(30)24(16-29)33-25/h4-9,12-13,23-25,29-30H,10-11,14,16H2,1,3H3/b9-6+,22-19-/t23?,24-,25-/m1/s1. The quantitative estimate of drug-likeness (QED) is 0.465. The summed E-state index contributed by atoms with van der Waals surface area (Å²) in [4.78, 5) is 5.31. The van der Waals surface area contributed by atoms with Crippen molar-refractivity contribution in [3.63, 3.8) is 0 Å². The van der Waals surface area contributed by atoms with Gasteiger partial charge in [0.2, 0.25) is 0 Å². The lowest BCUT2D eigenvalue weighted by Gasteiger charge is -2.21. The number of hydrogen-bond acceptors (Lipinski definition) is 7. The predicted molar refractivity (Wildman–Crippen MR) is 123 cm³/mol. The molecular weight excluding hydrogens is 422 g/mol. The first kappa shape index (κ1) is 24.2. The molecule has 0 saturated carbocycles. The smallest absolute Gasteiger partial charge is 0.269 e. The second kappa shape index (κ2) is 11.5. The van der Waals surface area contributed by atoms with E-state index in [4.69, 9.17) is 31.2 Å². The molecule has 0 spiro atoms. The van der Waals surface area contributed by atoms with Gasteiger partial charge in [-0.2, -0.15) is 0 Å². The molecule has 2 aliphatic rings. The Bertz CT molecular complexity index is 1030. The number of aliphatic hydroxyl groups excluding tert-OH is 2. The van der Waals surface area contributed by atoms with E-state index in [1.165, 1.54) is 0 Å². The molecule has 172 valence electrons. The van der Waals surface area contributed by atoms with Crippen LogP contribution in [0.1, 0.15) is 18.9 Å². The topological polar surface area (TPSA) is 99.5 Å². The third kappa shape index (κ3) is 6.55. The van der Waals surface area contributed by atoms with Crippen LogP contribution in [0.15, 0.2) is 65.3 Å². The van der Waals surface area contributed by atoms with Crippen molar-refractivity contribution in [3.8, 4) is 6.07 Å². The summed E-state index contributed by atoms with van der Waals surface area (Å²) >= 11 is 0. The molecule has 0 bridgehead atoms. The van der Waals surface area contributed by atoms with Crippen molar-refractivity contribution in [1.29, 1.82) is 5.26 Å². The number of allylic oxidation sites excluding steroid dienone is 6. The molecular formula is C25H27N3O5. The van der Waals surface area contributed by atoms with E-state index >= 15 is 0 Å². The molecule has 1 unspecified atom stereocenters. The fourth-order valence-corrected chi connectivity index (χ4v) is 3.46. The van der Waals surface area contributed by atoms with Crippen molar-refractivity contribution >= 4 is 11.8 Å². The summed E-state index contributed by atoms with van der Waals surface area (Å²) in [6, 6.07) is 9.86. The van der Waals surface area contributed by atoms with Crippen molar-refractivity contribution in [2.75, 3.05) is 31.7 Å². The Kier molecular flexibility index (Phi) is 8.42. The van der Waals surface area contributed by atoms with Crippen LogP contribution in [0.2, 0.25) is 0 Å². The van der Waals surface area contributed by atoms with E-state index in [2.05, 4.69) is 4.85 Å². The minimum atomic E-state index is -0.697. The molecule has 0 aromatic heterocycles. The van der Waals surface area contributed by atoms with E-state index < -0.39 is 18.5 Å². The van der Waals surface area contributed by atoms with E-state index in [-0.39, 0.29) is 12.3 Å². The molecule has 0 amide bonds. The normalized spacial score (nSPS) is 23.9. The van der Waals surface area contributed by atoms with Crippen LogP contribution in [0.5, 0.6) is 0 Å². The third-order valence-corrected chi connectivity index (χ3v) is 5.30. The molecule has 1 aromatic carbocycles. The first-order chi connectivity index (χ1) is 15.9. The minimum absolute atomic E-state index is 0.0313. The average Bonchev–Trinajstić information content (AvgIpc) is 3.18. The maximum Gasteiger partial charge on any atom is 0.269 e. The van der Waals surface area contributed by atoms with Gasteiger partial charge in [-0.3, -0.25) is 0 Å². The average molecular weight is 450 g/mol. The van der Waals surface area contributed by atoms with Gasteiger partial charge in [-0.25, -0.2) is 10.1 Å². The molecule has 1 saturated heterocycles. The van der Waals surface area contributed by atoms with Crippen molar-refractivity contribution < 1.29 is 24.4 Å². The molecule has 1 fully saturated rings. The van der Waals surface area contributed by atoms with E-state index in [1.54, 1.807) is 25.2 Å². The molecule has 2 aliphatic heterocycles. The first-order valence-electron chi connectivity index (χ1n) is 10.6. The van der Waals surface area contributed by atoms with Gasteiger partial charge in [0.15, 0.2) is 6.29 Å². The molecule has 0 radical (unpaired) electrons. The molecule has 0 aliphatic carbocycles. The number of nitrogens with zero attached hydrogens (tertiary/aromatic N) is 3.